The number of aromatic nitrogens is 2. The van der Waals surface area contributed by atoms with E-state index in [9.17, 15) is 13.2 Å². The van der Waals surface area contributed by atoms with Gasteiger partial charge in [-0.25, -0.2) is 13.1 Å². The van der Waals surface area contributed by atoms with Gasteiger partial charge in [-0.15, -0.1) is 0 Å². The van der Waals surface area contributed by atoms with Crippen molar-refractivity contribution >= 4 is 15.9 Å². The van der Waals surface area contributed by atoms with Gasteiger partial charge in [-0.2, -0.15) is 5.10 Å². The number of nitrogens with zero attached hydrogens (tertiary/aromatic N) is 2. The standard InChI is InChI=1S/C17H23N3O3S/c1-4-20-12-15(11-18-20)10-17(21)19-24(22,23)16-7-5-14(6-8-16)9-13(2)3/h5-8,11-13H,4,9-10H2,1-3H3,(H,19,21). The van der Waals surface area contributed by atoms with E-state index in [1.807, 2.05) is 6.92 Å². The smallest absolute Gasteiger partial charge is 0.264 e. The number of aryl methyl sites for hydroxylation is 1. The molecular weight excluding hydrogens is 326 g/mol. The molecule has 0 radical (unpaired) electrons. The summed E-state index contributed by atoms with van der Waals surface area (Å²) >= 11 is 0. The Labute approximate surface area is 142 Å². The molecule has 0 bridgehead atoms. The normalized spacial score (nSPS) is 11.7. The van der Waals surface area contributed by atoms with Crippen LogP contribution in [-0.2, 0) is 34.2 Å². The zero-order chi connectivity index (χ0) is 17.7. The fourth-order valence-corrected chi connectivity index (χ4v) is 3.36. The zero-order valence-electron chi connectivity index (χ0n) is 14.2. The zero-order valence-corrected chi connectivity index (χ0v) is 15.0. The van der Waals surface area contributed by atoms with Crippen molar-refractivity contribution in [3.05, 3.63) is 47.8 Å². The quantitative estimate of drug-likeness (QED) is 0.830. The third kappa shape index (κ3) is 4.92. The number of carbonyl (C=O) groups excluding carboxylic acids is 1. The molecule has 0 fully saturated rings. The molecule has 0 atom stereocenters. The molecule has 2 aromatic rings. The second-order valence-corrected chi connectivity index (χ2v) is 7.83. The Morgan fingerprint density at radius 2 is 1.88 bits per heavy atom. The van der Waals surface area contributed by atoms with Gasteiger partial charge in [-0.1, -0.05) is 26.0 Å². The minimum atomic E-state index is -3.85. The fourth-order valence-electron chi connectivity index (χ4n) is 2.38. The molecule has 1 aromatic carbocycles. The Kier molecular flexibility index (Phi) is 5.77. The predicted octanol–water partition coefficient (Wildman–Crippen LogP) is 2.15. The second-order valence-electron chi connectivity index (χ2n) is 6.15. The molecule has 0 saturated heterocycles. The highest BCUT2D eigenvalue weighted by molar-refractivity contribution is 7.90. The SMILES string of the molecule is CCn1cc(CC(=O)NS(=O)(=O)c2ccc(CC(C)C)cc2)cn1. The third-order valence-corrected chi connectivity index (χ3v) is 4.89. The number of sulfonamides is 1. The first-order valence-electron chi connectivity index (χ1n) is 7.96. The molecule has 0 spiro atoms. The summed E-state index contributed by atoms with van der Waals surface area (Å²) in [4.78, 5) is 12.1. The maximum absolute atomic E-state index is 12.3. The predicted molar refractivity (Wildman–Crippen MR) is 91.9 cm³/mol. The number of nitrogens with one attached hydrogen (secondary N) is 1. The summed E-state index contributed by atoms with van der Waals surface area (Å²) in [5.74, 6) is -0.0758. The summed E-state index contributed by atoms with van der Waals surface area (Å²) in [6.45, 7) is 6.84. The van der Waals surface area contributed by atoms with Gasteiger partial charge in [0.1, 0.15) is 0 Å². The first-order valence-corrected chi connectivity index (χ1v) is 9.44. The number of benzene rings is 1. The summed E-state index contributed by atoms with van der Waals surface area (Å²) in [7, 11) is -3.85. The molecule has 0 unspecified atom stereocenters. The van der Waals surface area contributed by atoms with Gasteiger partial charge in [0.05, 0.1) is 17.5 Å². The molecule has 1 aromatic heterocycles. The number of hydrogen-bond donors (Lipinski definition) is 1. The lowest BCUT2D eigenvalue weighted by atomic mass is 10.0. The lowest BCUT2D eigenvalue weighted by Crippen LogP contribution is -2.31. The summed E-state index contributed by atoms with van der Waals surface area (Å²) < 4.78 is 28.3. The van der Waals surface area contributed by atoms with E-state index in [4.69, 9.17) is 0 Å². The minimum absolute atomic E-state index is 0.0232. The van der Waals surface area contributed by atoms with Crippen molar-refractivity contribution in [3.8, 4) is 0 Å². The summed E-state index contributed by atoms with van der Waals surface area (Å²) in [6, 6.07) is 6.62. The molecule has 0 aliphatic carbocycles. The van der Waals surface area contributed by atoms with E-state index in [0.29, 0.717) is 18.0 Å². The van der Waals surface area contributed by atoms with Gasteiger partial charge in [0, 0.05) is 12.7 Å². The highest BCUT2D eigenvalue weighted by Gasteiger charge is 2.18. The Bertz CT molecular complexity index is 793. The lowest BCUT2D eigenvalue weighted by Gasteiger charge is -2.08. The van der Waals surface area contributed by atoms with Gasteiger partial charge in [-0.3, -0.25) is 9.48 Å². The first-order chi connectivity index (χ1) is 11.3. The largest absolute Gasteiger partial charge is 0.274 e. The maximum atomic E-state index is 12.3. The van der Waals surface area contributed by atoms with Crippen molar-refractivity contribution in [1.82, 2.24) is 14.5 Å². The highest BCUT2D eigenvalue weighted by atomic mass is 32.2. The van der Waals surface area contributed by atoms with Crippen molar-refractivity contribution < 1.29 is 13.2 Å². The average Bonchev–Trinajstić information content (AvgIpc) is 2.94. The highest BCUT2D eigenvalue weighted by Crippen LogP contribution is 2.13. The van der Waals surface area contributed by atoms with Gasteiger partial charge in [0.25, 0.3) is 10.0 Å². The molecule has 6 nitrogen and oxygen atoms in total. The Balaban J connectivity index is 2.02. The Hall–Kier alpha value is -2.15. The Morgan fingerprint density at radius 1 is 1.21 bits per heavy atom. The van der Waals surface area contributed by atoms with E-state index < -0.39 is 15.9 Å². The average molecular weight is 349 g/mol. The van der Waals surface area contributed by atoms with E-state index in [1.165, 1.54) is 12.1 Å². The van der Waals surface area contributed by atoms with E-state index in [1.54, 1.807) is 29.2 Å². The van der Waals surface area contributed by atoms with Crippen LogP contribution in [0.1, 0.15) is 31.9 Å². The molecule has 2 rings (SSSR count). The summed E-state index contributed by atoms with van der Waals surface area (Å²) in [5, 5.41) is 4.06. The molecule has 0 saturated carbocycles. The lowest BCUT2D eigenvalue weighted by molar-refractivity contribution is -0.118. The van der Waals surface area contributed by atoms with Gasteiger partial charge in [-0.05, 0) is 42.5 Å². The van der Waals surface area contributed by atoms with Crippen LogP contribution in [0.25, 0.3) is 0 Å². The van der Waals surface area contributed by atoms with Crippen molar-refractivity contribution in [1.29, 1.82) is 0 Å². The molecule has 1 N–H and O–H groups in total. The Morgan fingerprint density at radius 3 is 2.42 bits per heavy atom. The maximum Gasteiger partial charge on any atom is 0.264 e. The van der Waals surface area contributed by atoms with Crippen molar-refractivity contribution in [3.63, 3.8) is 0 Å². The van der Waals surface area contributed by atoms with Gasteiger partial charge < -0.3 is 0 Å². The number of carbonyl (C=O) groups is 1. The van der Waals surface area contributed by atoms with Crippen molar-refractivity contribution in [2.45, 2.75) is 45.1 Å². The molecular formula is C17H23N3O3S. The van der Waals surface area contributed by atoms with Gasteiger partial charge in [0.15, 0.2) is 0 Å². The van der Waals surface area contributed by atoms with Crippen LogP contribution in [-0.4, -0.2) is 24.1 Å². The first kappa shape index (κ1) is 18.2. The van der Waals surface area contributed by atoms with E-state index in [2.05, 4.69) is 23.7 Å². The van der Waals surface area contributed by atoms with Crippen LogP contribution in [0.15, 0.2) is 41.6 Å². The van der Waals surface area contributed by atoms with Gasteiger partial charge in [0.2, 0.25) is 5.91 Å². The van der Waals surface area contributed by atoms with Crippen molar-refractivity contribution in [2.24, 2.45) is 5.92 Å². The molecule has 24 heavy (non-hydrogen) atoms. The van der Waals surface area contributed by atoms with E-state index in [0.717, 1.165) is 12.0 Å². The van der Waals surface area contributed by atoms with Crippen LogP contribution in [0.3, 0.4) is 0 Å². The second kappa shape index (κ2) is 7.61. The molecule has 130 valence electrons. The number of rotatable bonds is 7. The molecule has 0 aliphatic heterocycles. The fraction of sp³-hybridized carbons (Fsp3) is 0.412. The summed E-state index contributed by atoms with van der Waals surface area (Å²) in [6.07, 6.45) is 4.15. The molecule has 7 heteroatoms. The minimum Gasteiger partial charge on any atom is -0.274 e. The molecule has 1 amide bonds. The summed E-state index contributed by atoms with van der Waals surface area (Å²) in [5.41, 5.74) is 1.75. The third-order valence-electron chi connectivity index (χ3n) is 3.50. The van der Waals surface area contributed by atoms with Crippen LogP contribution in [0.4, 0.5) is 0 Å². The van der Waals surface area contributed by atoms with Crippen LogP contribution < -0.4 is 4.72 Å². The van der Waals surface area contributed by atoms with Crippen molar-refractivity contribution in [2.75, 3.05) is 0 Å². The van der Waals surface area contributed by atoms with Gasteiger partial charge >= 0.3 is 0 Å². The van der Waals surface area contributed by atoms with E-state index in [-0.39, 0.29) is 11.3 Å². The van der Waals surface area contributed by atoms with E-state index >= 15 is 0 Å². The topological polar surface area (TPSA) is 81.1 Å². The van der Waals surface area contributed by atoms with Crippen LogP contribution >= 0.6 is 0 Å². The van der Waals surface area contributed by atoms with Crippen LogP contribution in [0.5, 0.6) is 0 Å². The monoisotopic (exact) mass is 349 g/mol. The number of hydrogen-bond acceptors (Lipinski definition) is 4. The van der Waals surface area contributed by atoms with Crippen LogP contribution in [0.2, 0.25) is 0 Å². The number of amides is 1. The molecule has 0 aliphatic rings. The van der Waals surface area contributed by atoms with Crippen LogP contribution in [0, 0.1) is 5.92 Å². The molecule has 1 heterocycles.